The molecule has 2 aromatic heterocycles. The molecule has 0 bridgehead atoms. The van der Waals surface area contributed by atoms with Crippen molar-refractivity contribution in [1.29, 1.82) is 10.5 Å². The average Bonchev–Trinajstić information content (AvgIpc) is 4.26. The number of nitrogens with two attached hydrogens (primary N) is 1. The van der Waals surface area contributed by atoms with E-state index in [0.717, 1.165) is 77.2 Å². The van der Waals surface area contributed by atoms with Gasteiger partial charge in [0.15, 0.2) is 10.3 Å². The van der Waals surface area contributed by atoms with Crippen LogP contribution in [-0.2, 0) is 30.5 Å². The van der Waals surface area contributed by atoms with E-state index >= 15 is 0 Å². The van der Waals surface area contributed by atoms with Crippen molar-refractivity contribution < 1.29 is 37.1 Å². The van der Waals surface area contributed by atoms with Crippen LogP contribution in [-0.4, -0.2) is 74.7 Å². The molecule has 0 unspecified atom stereocenters. The number of nitrogens with zero attached hydrogens (tertiary/aromatic N) is 6. The van der Waals surface area contributed by atoms with Gasteiger partial charge in [0, 0.05) is 57.8 Å². The number of nitrogens with one attached hydrogen (secondary N) is 4. The molecule has 4 aliphatic rings. The molecule has 390 valence electrons. The van der Waals surface area contributed by atoms with Gasteiger partial charge in [-0.05, 0) is 142 Å². The van der Waals surface area contributed by atoms with Crippen LogP contribution in [0.5, 0.6) is 0 Å². The highest BCUT2D eigenvalue weighted by molar-refractivity contribution is 7.16. The lowest BCUT2D eigenvalue weighted by Gasteiger charge is -2.25. The van der Waals surface area contributed by atoms with E-state index in [1.165, 1.54) is 22.7 Å². The Morgan fingerprint density at radius 1 is 0.632 bits per heavy atom. The number of alkyl halides is 3. The molecule has 21 heteroatoms. The number of likely N-dealkylation sites (tertiary alicyclic amines) is 2. The molecule has 0 saturated carbocycles. The number of thiazole rings is 2. The second kappa shape index (κ2) is 23.3. The quantitative estimate of drug-likeness (QED) is 0.0869. The first kappa shape index (κ1) is 52.9. The number of urea groups is 2. The number of halogens is 3. The molecule has 76 heavy (non-hydrogen) atoms. The van der Waals surface area contributed by atoms with Crippen LogP contribution < -0.4 is 27.0 Å². The van der Waals surface area contributed by atoms with E-state index < -0.39 is 24.3 Å². The molecule has 6 amide bonds. The van der Waals surface area contributed by atoms with Crippen LogP contribution in [0, 0.1) is 28.6 Å². The molecule has 10 rings (SSSR count). The number of aryl methyl sites for hydroxylation is 2. The third-order valence-electron chi connectivity index (χ3n) is 13.8. The second-order valence-electron chi connectivity index (χ2n) is 19.1. The Morgan fingerprint density at radius 3 is 1.59 bits per heavy atom. The van der Waals surface area contributed by atoms with Crippen LogP contribution in [0.2, 0.25) is 0 Å². The van der Waals surface area contributed by atoms with E-state index in [-0.39, 0.29) is 42.0 Å². The first-order valence-electron chi connectivity index (χ1n) is 24.9. The monoisotopic (exact) mass is 1070 g/mol. The normalized spacial score (nSPS) is 18.7. The number of fused-ring (bicyclic) bond motifs is 2. The SMILES string of the molecule is N#Cc1cccc(NC(=O)N2CCC[C@@H]2c2cccc(C(=O)Nc3nc4c(s3)C[C@@H](CC(=O)C(F)(F)F)CC4)c2)c1.N#Cc1cccc(NC(=O)N2CCC[C@@H]2c2cccc(C(=O)Nc3nc4c(s3)C[C@@H](N)CC4)c2)c1. The highest BCUT2D eigenvalue weighted by atomic mass is 32.1. The van der Waals surface area contributed by atoms with Crippen molar-refractivity contribution in [2.45, 2.75) is 94.9 Å². The van der Waals surface area contributed by atoms with E-state index in [1.807, 2.05) is 24.3 Å². The molecule has 4 aromatic carbocycles. The van der Waals surface area contributed by atoms with Gasteiger partial charge in [-0.3, -0.25) is 25.0 Å². The Kier molecular flexibility index (Phi) is 16.2. The van der Waals surface area contributed by atoms with Crippen molar-refractivity contribution in [3.8, 4) is 12.1 Å². The minimum absolute atomic E-state index is 0.129. The number of ketones is 1. The van der Waals surface area contributed by atoms with Crippen molar-refractivity contribution in [1.82, 2.24) is 19.8 Å². The summed E-state index contributed by atoms with van der Waals surface area (Å²) in [5, 5.41) is 30.6. The highest BCUT2D eigenvalue weighted by Gasteiger charge is 2.40. The number of carbonyl (C=O) groups is 5. The summed E-state index contributed by atoms with van der Waals surface area (Å²) in [5.74, 6) is -2.72. The van der Waals surface area contributed by atoms with Crippen molar-refractivity contribution in [2.75, 3.05) is 34.4 Å². The highest BCUT2D eigenvalue weighted by Crippen LogP contribution is 2.38. The van der Waals surface area contributed by atoms with Crippen molar-refractivity contribution >= 4 is 74.0 Å². The lowest BCUT2D eigenvalue weighted by Crippen LogP contribution is -2.34. The Balaban J connectivity index is 0.000000188. The van der Waals surface area contributed by atoms with E-state index in [1.54, 1.807) is 82.6 Å². The molecular formula is C55H52F3N11O5S2. The predicted octanol–water partition coefficient (Wildman–Crippen LogP) is 10.7. The largest absolute Gasteiger partial charge is 0.449 e. The number of rotatable bonds is 10. The molecule has 2 saturated heterocycles. The van der Waals surface area contributed by atoms with Crippen LogP contribution in [0.25, 0.3) is 0 Å². The summed E-state index contributed by atoms with van der Waals surface area (Å²) in [6, 6.07) is 31.4. The lowest BCUT2D eigenvalue weighted by molar-refractivity contribution is -0.172. The third-order valence-corrected chi connectivity index (χ3v) is 15.9. The molecule has 6 aromatic rings. The summed E-state index contributed by atoms with van der Waals surface area (Å²) < 4.78 is 38.0. The van der Waals surface area contributed by atoms with Gasteiger partial charge in [-0.15, -0.1) is 22.7 Å². The molecular weight excluding hydrogens is 1020 g/mol. The molecule has 6 N–H and O–H groups in total. The average molecular weight is 1070 g/mol. The van der Waals surface area contributed by atoms with Gasteiger partial charge in [0.1, 0.15) is 0 Å². The maximum atomic E-state index is 13.1. The Morgan fingerprint density at radius 2 is 1.11 bits per heavy atom. The molecule has 16 nitrogen and oxygen atoms in total. The Hall–Kier alpha value is -7.98. The molecule has 2 fully saturated rings. The predicted molar refractivity (Wildman–Crippen MR) is 282 cm³/mol. The zero-order chi connectivity index (χ0) is 53.5. The first-order valence-corrected chi connectivity index (χ1v) is 26.5. The zero-order valence-corrected chi connectivity index (χ0v) is 42.6. The standard InChI is InChI=1S/C29H26F3N5O3S.C26H26N6O2S/c30-29(31,32)25(38)14-17-9-10-22-24(13-17)41-27(35-22)36-26(39)20-6-2-5-19(15-20)23-8-3-11-37(23)28(40)34-21-7-1-4-18(12-21)16-33;27-15-16-4-1-7-20(12-16)29-26(34)32-11-3-8-22(32)17-5-2-6-18(13-17)24(33)31-25-30-21-10-9-19(28)14-23(21)35-25/h1-2,4-7,12,15,17,23H,3,8-11,13-14H2,(H,34,40)(H,35,36,39);1-2,4-7,12-13,19,22H,3,8-11,14,28H2,(H,29,34)(H,30,31,33)/t17-,23+;19-,22+/m00/s1. The maximum Gasteiger partial charge on any atom is 0.449 e. The number of amides is 6. The van der Waals surface area contributed by atoms with Crippen LogP contribution in [0.4, 0.5) is 44.4 Å². The van der Waals surface area contributed by atoms with Crippen molar-refractivity contribution in [3.63, 3.8) is 0 Å². The lowest BCUT2D eigenvalue weighted by atomic mass is 9.87. The number of benzene rings is 4. The van der Waals surface area contributed by atoms with Gasteiger partial charge in [-0.1, -0.05) is 36.4 Å². The van der Waals surface area contributed by atoms with Crippen LogP contribution >= 0.6 is 22.7 Å². The van der Waals surface area contributed by atoms with Gasteiger partial charge in [-0.25, -0.2) is 19.6 Å². The van der Waals surface area contributed by atoms with E-state index in [9.17, 15) is 37.1 Å². The Bertz CT molecular complexity index is 3270. The van der Waals surface area contributed by atoms with Gasteiger partial charge in [0.05, 0.1) is 46.7 Å². The summed E-state index contributed by atoms with van der Waals surface area (Å²) in [6.07, 6.45) is 1.62. The van der Waals surface area contributed by atoms with E-state index in [2.05, 4.69) is 43.4 Å². The third kappa shape index (κ3) is 12.7. The topological polar surface area (TPSA) is 239 Å². The van der Waals surface area contributed by atoms with Gasteiger partial charge in [0.25, 0.3) is 11.8 Å². The van der Waals surface area contributed by atoms with E-state index in [0.29, 0.717) is 76.2 Å². The fraction of sp³-hybridized carbons (Fsp3) is 0.327. The summed E-state index contributed by atoms with van der Waals surface area (Å²) in [4.78, 5) is 78.1. The fourth-order valence-electron chi connectivity index (χ4n) is 10.1. The van der Waals surface area contributed by atoms with Gasteiger partial charge in [-0.2, -0.15) is 23.7 Å². The van der Waals surface area contributed by atoms with Crippen molar-refractivity contribution in [3.05, 3.63) is 152 Å². The number of nitriles is 2. The molecule has 0 radical (unpaired) electrons. The number of carbonyl (C=O) groups excluding carboxylic acids is 5. The smallest absolute Gasteiger partial charge is 0.327 e. The molecule has 2 aliphatic carbocycles. The number of hydrogen-bond acceptors (Lipinski definition) is 12. The summed E-state index contributed by atoms with van der Waals surface area (Å²) >= 11 is 2.71. The summed E-state index contributed by atoms with van der Waals surface area (Å²) in [7, 11) is 0. The summed E-state index contributed by atoms with van der Waals surface area (Å²) in [5.41, 5.74) is 12.5. The van der Waals surface area contributed by atoms with Gasteiger partial charge >= 0.3 is 18.2 Å². The van der Waals surface area contributed by atoms with Crippen LogP contribution in [0.15, 0.2) is 97.1 Å². The molecule has 2 aliphatic heterocycles. The van der Waals surface area contributed by atoms with Gasteiger partial charge < -0.3 is 26.2 Å². The fourth-order valence-corrected chi connectivity index (χ4v) is 12.3. The zero-order valence-electron chi connectivity index (χ0n) is 41.0. The summed E-state index contributed by atoms with van der Waals surface area (Å²) in [6.45, 7) is 1.17. The number of anilines is 4. The number of aromatic nitrogens is 2. The second-order valence-corrected chi connectivity index (χ2v) is 21.3. The number of hydrogen-bond donors (Lipinski definition) is 5. The van der Waals surface area contributed by atoms with E-state index in [4.69, 9.17) is 16.3 Å². The Labute approximate surface area is 444 Å². The first-order chi connectivity index (χ1) is 36.6. The van der Waals surface area contributed by atoms with Gasteiger partial charge in [0.2, 0.25) is 5.78 Å². The minimum Gasteiger partial charge on any atom is -0.327 e. The minimum atomic E-state index is -4.83. The van der Waals surface area contributed by atoms with Crippen molar-refractivity contribution in [2.24, 2.45) is 11.7 Å². The molecule has 4 atom stereocenters. The number of Topliss-reactive ketones (excluding diaryl/α,β-unsaturated/α-hetero) is 1. The maximum absolute atomic E-state index is 13.1. The van der Waals surface area contributed by atoms with Crippen LogP contribution in [0.1, 0.15) is 121 Å². The van der Waals surface area contributed by atoms with Crippen LogP contribution in [0.3, 0.4) is 0 Å². The molecule has 0 spiro atoms. The molecule has 4 heterocycles.